The number of rotatable bonds is 9. The lowest BCUT2D eigenvalue weighted by Gasteiger charge is -2.12. The van der Waals surface area contributed by atoms with Crippen LogP contribution in [-0.4, -0.2) is 33.0 Å². The zero-order chi connectivity index (χ0) is 15.7. The van der Waals surface area contributed by atoms with E-state index in [0.717, 1.165) is 37.4 Å². The number of aromatic amines is 2. The monoisotopic (exact) mass is 315 g/mol. The molecule has 1 rings (SSSR count). The molecule has 0 spiro atoms. The van der Waals surface area contributed by atoms with Gasteiger partial charge in [-0.2, -0.15) is 5.10 Å². The number of H-pyrrole nitrogens is 2. The van der Waals surface area contributed by atoms with Crippen LogP contribution in [0.15, 0.2) is 14.6 Å². The van der Waals surface area contributed by atoms with E-state index in [1.807, 2.05) is 6.92 Å². The van der Waals surface area contributed by atoms with Gasteiger partial charge in [0.2, 0.25) is 0 Å². The van der Waals surface area contributed by atoms with Crippen molar-refractivity contribution < 1.29 is 9.53 Å². The Labute approximate surface area is 126 Å². The Morgan fingerprint density at radius 2 is 2.05 bits per heavy atom. The quantitative estimate of drug-likeness (QED) is 0.406. The van der Waals surface area contributed by atoms with E-state index in [0.29, 0.717) is 13.0 Å². The molecular formula is C13H21N3O4S. The third-order valence-electron chi connectivity index (χ3n) is 2.81. The molecule has 1 heterocycles. The van der Waals surface area contributed by atoms with Crippen molar-refractivity contribution in [2.75, 3.05) is 6.61 Å². The third kappa shape index (κ3) is 6.16. The van der Waals surface area contributed by atoms with Crippen molar-refractivity contribution in [1.29, 1.82) is 0 Å². The van der Waals surface area contributed by atoms with Crippen molar-refractivity contribution in [1.82, 2.24) is 15.2 Å². The summed E-state index contributed by atoms with van der Waals surface area (Å²) in [4.78, 5) is 36.4. The summed E-state index contributed by atoms with van der Waals surface area (Å²) in [5, 5.41) is 5.34. The van der Waals surface area contributed by atoms with E-state index in [9.17, 15) is 14.4 Å². The minimum atomic E-state index is -0.670. The second-order valence-electron chi connectivity index (χ2n) is 4.55. The molecule has 0 radical (unpaired) electrons. The molecule has 1 aromatic heterocycles. The van der Waals surface area contributed by atoms with Gasteiger partial charge in [-0.25, -0.2) is 9.89 Å². The molecule has 1 aromatic rings. The average Bonchev–Trinajstić information content (AvgIpc) is 2.46. The van der Waals surface area contributed by atoms with Crippen LogP contribution in [0.2, 0.25) is 0 Å². The highest BCUT2D eigenvalue weighted by molar-refractivity contribution is 8.00. The first-order chi connectivity index (χ1) is 10.1. The van der Waals surface area contributed by atoms with Gasteiger partial charge in [0.1, 0.15) is 5.25 Å². The minimum absolute atomic E-state index is 0.0596. The van der Waals surface area contributed by atoms with E-state index in [-0.39, 0.29) is 11.0 Å². The van der Waals surface area contributed by atoms with Gasteiger partial charge in [0.15, 0.2) is 5.03 Å². The second-order valence-corrected chi connectivity index (χ2v) is 5.75. The molecule has 0 aliphatic heterocycles. The number of carbonyl (C=O) groups excluding carboxylic acids is 1. The number of thioether (sulfide) groups is 1. The molecule has 2 N–H and O–H groups in total. The van der Waals surface area contributed by atoms with Crippen LogP contribution in [-0.2, 0) is 9.53 Å². The van der Waals surface area contributed by atoms with Gasteiger partial charge in [0.25, 0.3) is 5.56 Å². The Balaban J connectivity index is 2.51. The Hall–Kier alpha value is -1.57. The second kappa shape index (κ2) is 9.38. The number of nitrogens with zero attached hydrogens (tertiary/aromatic N) is 1. The van der Waals surface area contributed by atoms with E-state index in [1.165, 1.54) is 0 Å². The molecule has 0 aromatic carbocycles. The van der Waals surface area contributed by atoms with E-state index in [1.54, 1.807) is 0 Å². The fourth-order valence-electron chi connectivity index (χ4n) is 1.64. The highest BCUT2D eigenvalue weighted by Crippen LogP contribution is 2.21. The van der Waals surface area contributed by atoms with Gasteiger partial charge in [-0.3, -0.25) is 14.6 Å². The number of nitrogens with one attached hydrogen (secondary N) is 2. The van der Waals surface area contributed by atoms with Gasteiger partial charge in [-0.15, -0.1) is 0 Å². The maximum Gasteiger partial charge on any atom is 0.342 e. The summed E-state index contributed by atoms with van der Waals surface area (Å²) in [7, 11) is 0. The highest BCUT2D eigenvalue weighted by atomic mass is 32.2. The van der Waals surface area contributed by atoms with Crippen molar-refractivity contribution in [2.24, 2.45) is 0 Å². The molecule has 0 bridgehead atoms. The molecule has 118 valence electrons. The summed E-state index contributed by atoms with van der Waals surface area (Å²) >= 11 is 1.00. The Kier molecular flexibility index (Phi) is 7.81. The average molecular weight is 315 g/mol. The van der Waals surface area contributed by atoms with Crippen LogP contribution in [0.25, 0.3) is 0 Å². The van der Waals surface area contributed by atoms with Crippen LogP contribution in [0, 0.1) is 0 Å². The van der Waals surface area contributed by atoms with Gasteiger partial charge in [0.05, 0.1) is 6.61 Å². The standard InChI is InChI=1S/C13H21N3O4S/c1-3-5-6-7-8-20-12(18)9(4-2)21-11-10(17)14-13(19)16-15-11/h9H,3-8H2,1-2H3,(H2,14,16,17,19)/t9-/m0/s1. The van der Waals surface area contributed by atoms with Crippen molar-refractivity contribution >= 4 is 17.7 Å². The zero-order valence-corrected chi connectivity index (χ0v) is 13.1. The molecule has 0 fully saturated rings. The van der Waals surface area contributed by atoms with E-state index < -0.39 is 16.5 Å². The number of esters is 1. The maximum atomic E-state index is 11.9. The SMILES string of the molecule is CCCCCCOC(=O)[C@H](CC)Sc1n[nH]c(=O)[nH]c1=O. The van der Waals surface area contributed by atoms with Gasteiger partial charge in [-0.05, 0) is 12.8 Å². The molecule has 0 saturated carbocycles. The molecule has 0 saturated heterocycles. The van der Waals surface area contributed by atoms with Crippen LogP contribution in [0.3, 0.4) is 0 Å². The molecule has 0 aliphatic rings. The topological polar surface area (TPSA) is 105 Å². The molecular weight excluding hydrogens is 294 g/mol. The number of unbranched alkanes of at least 4 members (excludes halogenated alkanes) is 3. The number of aromatic nitrogens is 3. The first-order valence-corrected chi connectivity index (χ1v) is 7.98. The lowest BCUT2D eigenvalue weighted by molar-refractivity contribution is -0.143. The first kappa shape index (κ1) is 17.5. The molecule has 8 heteroatoms. The fourth-order valence-corrected chi connectivity index (χ4v) is 2.50. The van der Waals surface area contributed by atoms with Crippen molar-refractivity contribution in [3.05, 3.63) is 20.8 Å². The maximum absolute atomic E-state index is 11.9. The van der Waals surface area contributed by atoms with Gasteiger partial charge < -0.3 is 4.74 Å². The van der Waals surface area contributed by atoms with E-state index in [4.69, 9.17) is 4.74 Å². The van der Waals surface area contributed by atoms with Crippen LogP contribution in [0.4, 0.5) is 0 Å². The predicted octanol–water partition coefficient (Wildman–Crippen LogP) is 1.45. The van der Waals surface area contributed by atoms with Crippen molar-refractivity contribution in [3.8, 4) is 0 Å². The summed E-state index contributed by atoms with van der Waals surface area (Å²) in [6, 6.07) is 0. The van der Waals surface area contributed by atoms with Crippen LogP contribution in [0.1, 0.15) is 46.0 Å². The summed E-state index contributed by atoms with van der Waals surface area (Å²) in [6.07, 6.45) is 4.65. The van der Waals surface area contributed by atoms with Gasteiger partial charge in [-0.1, -0.05) is 44.9 Å². The molecule has 21 heavy (non-hydrogen) atoms. The van der Waals surface area contributed by atoms with Crippen LogP contribution < -0.4 is 11.2 Å². The number of hydrogen-bond acceptors (Lipinski definition) is 6. The number of hydrogen-bond donors (Lipinski definition) is 2. The Bertz CT molecular complexity index is 555. The highest BCUT2D eigenvalue weighted by Gasteiger charge is 2.21. The normalized spacial score (nSPS) is 12.1. The third-order valence-corrected chi connectivity index (χ3v) is 4.12. The smallest absolute Gasteiger partial charge is 0.342 e. The summed E-state index contributed by atoms with van der Waals surface area (Å²) in [5.41, 5.74) is -1.27. The molecule has 0 amide bonds. The summed E-state index contributed by atoms with van der Waals surface area (Å²) in [5.74, 6) is -0.355. The van der Waals surface area contributed by atoms with Crippen LogP contribution >= 0.6 is 11.8 Å². The summed E-state index contributed by atoms with van der Waals surface area (Å²) < 4.78 is 5.21. The fraction of sp³-hybridized carbons (Fsp3) is 0.692. The molecule has 7 nitrogen and oxygen atoms in total. The van der Waals surface area contributed by atoms with E-state index >= 15 is 0 Å². The van der Waals surface area contributed by atoms with Crippen molar-refractivity contribution in [3.63, 3.8) is 0 Å². The largest absolute Gasteiger partial charge is 0.465 e. The van der Waals surface area contributed by atoms with Gasteiger partial charge >= 0.3 is 11.7 Å². The zero-order valence-electron chi connectivity index (χ0n) is 12.3. The van der Waals surface area contributed by atoms with Gasteiger partial charge in [0, 0.05) is 0 Å². The number of ether oxygens (including phenoxy) is 1. The molecule has 0 aliphatic carbocycles. The van der Waals surface area contributed by atoms with Crippen molar-refractivity contribution in [2.45, 2.75) is 56.2 Å². The molecule has 1 atom stereocenters. The number of carbonyl (C=O) groups is 1. The first-order valence-electron chi connectivity index (χ1n) is 7.10. The molecule has 0 unspecified atom stereocenters. The minimum Gasteiger partial charge on any atom is -0.465 e. The summed E-state index contributed by atoms with van der Waals surface area (Å²) in [6.45, 7) is 4.34. The predicted molar refractivity (Wildman–Crippen MR) is 80.5 cm³/mol. The van der Waals surface area contributed by atoms with Crippen LogP contribution in [0.5, 0.6) is 0 Å². The lowest BCUT2D eigenvalue weighted by atomic mass is 10.2. The van der Waals surface area contributed by atoms with E-state index in [2.05, 4.69) is 22.1 Å². The lowest BCUT2D eigenvalue weighted by Crippen LogP contribution is -2.27. The Morgan fingerprint density at radius 1 is 1.29 bits per heavy atom. The Morgan fingerprint density at radius 3 is 2.67 bits per heavy atom.